The molecule has 0 saturated carbocycles. The molecule has 3 N–H and O–H groups in total. The number of nitrogens with zero attached hydrogens (tertiary/aromatic N) is 4. The molecule has 0 amide bonds. The van der Waals surface area contributed by atoms with E-state index in [4.69, 9.17) is 15.7 Å². The summed E-state index contributed by atoms with van der Waals surface area (Å²) in [5, 5.41) is 11.5. The van der Waals surface area contributed by atoms with Gasteiger partial charge in [-0.25, -0.2) is 4.98 Å². The third kappa shape index (κ3) is 2.56. The predicted molar refractivity (Wildman–Crippen MR) is 61.9 cm³/mol. The van der Waals surface area contributed by atoms with Crippen molar-refractivity contribution in [2.45, 2.75) is 12.1 Å². The van der Waals surface area contributed by atoms with Crippen molar-refractivity contribution in [2.75, 3.05) is 26.7 Å². The molecule has 0 bridgehead atoms. The molecule has 0 aliphatic carbocycles. The number of ether oxygens (including phenoxy) is 1. The van der Waals surface area contributed by atoms with Gasteiger partial charge in [-0.1, -0.05) is 5.16 Å². The predicted octanol–water partition coefficient (Wildman–Crippen LogP) is -0.499. The lowest BCUT2D eigenvalue weighted by atomic mass is 10.2. The van der Waals surface area contributed by atoms with E-state index in [1.807, 2.05) is 10.8 Å². The van der Waals surface area contributed by atoms with Crippen molar-refractivity contribution in [1.82, 2.24) is 14.5 Å². The van der Waals surface area contributed by atoms with Crippen LogP contribution < -0.4 is 5.73 Å². The summed E-state index contributed by atoms with van der Waals surface area (Å²) in [7, 11) is 1.70. The first kappa shape index (κ1) is 11.9. The Morgan fingerprint density at radius 1 is 1.65 bits per heavy atom. The molecule has 1 aromatic heterocycles. The van der Waals surface area contributed by atoms with Crippen molar-refractivity contribution in [3.8, 4) is 0 Å². The molecule has 1 fully saturated rings. The van der Waals surface area contributed by atoms with E-state index in [0.29, 0.717) is 6.54 Å². The van der Waals surface area contributed by atoms with Crippen LogP contribution >= 0.6 is 0 Å². The van der Waals surface area contributed by atoms with Gasteiger partial charge in [-0.2, -0.15) is 0 Å². The van der Waals surface area contributed by atoms with Crippen molar-refractivity contribution in [2.24, 2.45) is 10.9 Å². The quantitative estimate of drug-likeness (QED) is 0.320. The van der Waals surface area contributed by atoms with E-state index in [0.717, 1.165) is 13.1 Å². The number of amidine groups is 1. The maximum absolute atomic E-state index is 8.56. The Hall–Kier alpha value is -1.60. The van der Waals surface area contributed by atoms with Gasteiger partial charge in [-0.15, -0.1) is 0 Å². The summed E-state index contributed by atoms with van der Waals surface area (Å²) in [5.41, 5.74) is 5.50. The fraction of sp³-hybridized carbons (Fsp3) is 0.600. The molecular weight excluding hydrogens is 222 g/mol. The lowest BCUT2D eigenvalue weighted by Gasteiger charge is -2.17. The van der Waals surface area contributed by atoms with Gasteiger partial charge in [0.25, 0.3) is 0 Å². The van der Waals surface area contributed by atoms with Crippen LogP contribution in [0.5, 0.6) is 0 Å². The van der Waals surface area contributed by atoms with Gasteiger partial charge in [-0.05, 0) is 0 Å². The molecule has 0 spiro atoms. The van der Waals surface area contributed by atoms with Crippen LogP contribution in [0.2, 0.25) is 0 Å². The minimum atomic E-state index is 0.0932. The van der Waals surface area contributed by atoms with E-state index >= 15 is 0 Å². The van der Waals surface area contributed by atoms with E-state index in [1.165, 1.54) is 0 Å². The van der Waals surface area contributed by atoms with Crippen LogP contribution in [-0.4, -0.2) is 58.3 Å². The lowest BCUT2D eigenvalue weighted by Crippen LogP contribution is -2.33. The summed E-state index contributed by atoms with van der Waals surface area (Å²) in [6, 6.07) is 0.217. The molecule has 7 heteroatoms. The van der Waals surface area contributed by atoms with E-state index in [9.17, 15) is 0 Å². The number of hydrogen-bond donors (Lipinski definition) is 2. The van der Waals surface area contributed by atoms with Gasteiger partial charge in [0.2, 0.25) is 0 Å². The molecule has 0 aromatic carbocycles. The largest absolute Gasteiger partial charge is 0.409 e. The molecule has 1 saturated heterocycles. The van der Waals surface area contributed by atoms with Gasteiger partial charge in [0.1, 0.15) is 0 Å². The third-order valence-electron chi connectivity index (χ3n) is 3.04. The van der Waals surface area contributed by atoms with Crippen LogP contribution in [0.25, 0.3) is 0 Å². The highest BCUT2D eigenvalue weighted by Gasteiger charge is 2.34. The molecule has 0 radical (unpaired) electrons. The maximum atomic E-state index is 8.56. The van der Waals surface area contributed by atoms with Gasteiger partial charge in [-0.3, -0.25) is 4.90 Å². The van der Waals surface area contributed by atoms with Crippen molar-refractivity contribution in [3.05, 3.63) is 18.7 Å². The van der Waals surface area contributed by atoms with E-state index in [2.05, 4.69) is 15.0 Å². The number of nitrogens with two attached hydrogens (primary N) is 1. The van der Waals surface area contributed by atoms with Crippen molar-refractivity contribution >= 4 is 5.84 Å². The van der Waals surface area contributed by atoms with Crippen LogP contribution in [0.3, 0.4) is 0 Å². The Balaban J connectivity index is 2.04. The average molecular weight is 239 g/mol. The van der Waals surface area contributed by atoms with E-state index in [-0.39, 0.29) is 18.0 Å². The Bertz CT molecular complexity index is 378. The monoisotopic (exact) mass is 239 g/mol. The zero-order chi connectivity index (χ0) is 12.3. The Morgan fingerprint density at radius 3 is 3.06 bits per heavy atom. The van der Waals surface area contributed by atoms with E-state index in [1.54, 1.807) is 19.6 Å². The standard InChI is InChI=1S/C10H17N5O2/c1-17-9-5-14(6-10(11)13-16)4-8(9)15-3-2-12-7-15/h2-3,7-9,16H,4-6H2,1H3,(H2,11,13)/t8-,9+/m0/s1. The fourth-order valence-corrected chi connectivity index (χ4v) is 2.21. The topological polar surface area (TPSA) is 88.9 Å². The number of oxime groups is 1. The van der Waals surface area contributed by atoms with Crippen LogP contribution in [-0.2, 0) is 4.74 Å². The highest BCUT2D eigenvalue weighted by molar-refractivity contribution is 5.81. The molecule has 1 aromatic rings. The smallest absolute Gasteiger partial charge is 0.153 e. The number of imidazole rings is 1. The molecule has 94 valence electrons. The normalized spacial score (nSPS) is 26.5. The molecular formula is C10H17N5O2. The molecule has 1 aliphatic rings. The first-order valence-corrected chi connectivity index (χ1v) is 5.43. The lowest BCUT2D eigenvalue weighted by molar-refractivity contribution is 0.0823. The molecule has 2 heterocycles. The van der Waals surface area contributed by atoms with Gasteiger partial charge >= 0.3 is 0 Å². The fourth-order valence-electron chi connectivity index (χ4n) is 2.21. The first-order chi connectivity index (χ1) is 8.24. The Labute approximate surface area is 99.5 Å². The SMILES string of the molecule is CO[C@@H]1CN(CC(N)=NO)C[C@@H]1n1ccnc1. The van der Waals surface area contributed by atoms with E-state index < -0.39 is 0 Å². The Morgan fingerprint density at radius 2 is 2.47 bits per heavy atom. The minimum absolute atomic E-state index is 0.0932. The molecule has 2 rings (SSSR count). The van der Waals surface area contributed by atoms with Crippen LogP contribution in [0.15, 0.2) is 23.9 Å². The Kier molecular flexibility index (Phi) is 3.60. The third-order valence-corrected chi connectivity index (χ3v) is 3.04. The second-order valence-electron chi connectivity index (χ2n) is 4.14. The summed E-state index contributed by atoms with van der Waals surface area (Å²) in [5.74, 6) is 0.214. The zero-order valence-electron chi connectivity index (χ0n) is 9.73. The van der Waals surface area contributed by atoms with Crippen molar-refractivity contribution < 1.29 is 9.94 Å². The second kappa shape index (κ2) is 5.15. The van der Waals surface area contributed by atoms with Crippen LogP contribution in [0, 0.1) is 0 Å². The van der Waals surface area contributed by atoms with Crippen LogP contribution in [0.4, 0.5) is 0 Å². The molecule has 17 heavy (non-hydrogen) atoms. The van der Waals surface area contributed by atoms with Gasteiger partial charge in [0, 0.05) is 32.6 Å². The number of hydrogen-bond acceptors (Lipinski definition) is 5. The summed E-state index contributed by atoms with van der Waals surface area (Å²) >= 11 is 0. The molecule has 1 aliphatic heterocycles. The number of methoxy groups -OCH3 is 1. The minimum Gasteiger partial charge on any atom is -0.409 e. The summed E-state index contributed by atoms with van der Waals surface area (Å²) in [4.78, 5) is 6.13. The average Bonchev–Trinajstić information content (AvgIpc) is 2.96. The highest BCUT2D eigenvalue weighted by Crippen LogP contribution is 2.23. The maximum Gasteiger partial charge on any atom is 0.153 e. The number of aromatic nitrogens is 2. The molecule has 7 nitrogen and oxygen atoms in total. The van der Waals surface area contributed by atoms with Crippen molar-refractivity contribution in [1.29, 1.82) is 0 Å². The van der Waals surface area contributed by atoms with Gasteiger partial charge in [0.15, 0.2) is 5.84 Å². The van der Waals surface area contributed by atoms with Gasteiger partial charge in [0.05, 0.1) is 25.0 Å². The second-order valence-corrected chi connectivity index (χ2v) is 4.14. The molecule has 2 atom stereocenters. The van der Waals surface area contributed by atoms with Crippen molar-refractivity contribution in [3.63, 3.8) is 0 Å². The van der Waals surface area contributed by atoms with Gasteiger partial charge < -0.3 is 20.2 Å². The first-order valence-electron chi connectivity index (χ1n) is 5.43. The number of rotatable bonds is 4. The van der Waals surface area contributed by atoms with Crippen LogP contribution in [0.1, 0.15) is 6.04 Å². The summed E-state index contributed by atoms with van der Waals surface area (Å²) in [6.07, 6.45) is 5.54. The summed E-state index contributed by atoms with van der Waals surface area (Å²) < 4.78 is 7.49. The number of likely N-dealkylation sites (tertiary alicyclic amines) is 1. The highest BCUT2D eigenvalue weighted by atomic mass is 16.5. The molecule has 0 unspecified atom stereocenters. The zero-order valence-corrected chi connectivity index (χ0v) is 9.73. The summed E-state index contributed by atoms with van der Waals surface area (Å²) in [6.45, 7) is 2.00.